The van der Waals surface area contributed by atoms with E-state index < -0.39 is 0 Å². The molecule has 74 valence electrons. The minimum absolute atomic E-state index is 0.189. The molecule has 14 heavy (non-hydrogen) atoms. The topological polar surface area (TPSA) is 42.4 Å². The van der Waals surface area contributed by atoms with Gasteiger partial charge in [-0.15, -0.1) is 0 Å². The van der Waals surface area contributed by atoms with E-state index in [1.54, 1.807) is 13.3 Å². The molecule has 1 fully saturated rings. The predicted octanol–water partition coefficient (Wildman–Crippen LogP) is 1.43. The first-order valence-corrected chi connectivity index (χ1v) is 5.02. The number of pyridine rings is 1. The third-order valence-corrected chi connectivity index (χ3v) is 3.52. The summed E-state index contributed by atoms with van der Waals surface area (Å²) in [6.45, 7) is 0. The second-order valence-corrected chi connectivity index (χ2v) is 4.17. The fourth-order valence-corrected chi connectivity index (χ4v) is 2.94. The maximum absolute atomic E-state index is 9.80. The highest BCUT2D eigenvalue weighted by Gasteiger charge is 2.45. The van der Waals surface area contributed by atoms with Crippen LogP contribution in [0.2, 0.25) is 0 Å². The Morgan fingerprint density at radius 3 is 3.14 bits per heavy atom. The van der Waals surface area contributed by atoms with E-state index in [0.29, 0.717) is 11.8 Å². The van der Waals surface area contributed by atoms with Gasteiger partial charge in [0.05, 0.1) is 13.2 Å². The summed E-state index contributed by atoms with van der Waals surface area (Å²) >= 11 is 0. The van der Waals surface area contributed by atoms with Crippen molar-refractivity contribution in [2.45, 2.75) is 30.8 Å². The Kier molecular flexibility index (Phi) is 1.59. The molecule has 1 saturated carbocycles. The number of rotatable bonds is 1. The van der Waals surface area contributed by atoms with E-state index in [2.05, 4.69) is 11.1 Å². The highest BCUT2D eigenvalue weighted by molar-refractivity contribution is 5.47. The number of ether oxygens (including phenoxy) is 1. The molecule has 3 nitrogen and oxygen atoms in total. The van der Waals surface area contributed by atoms with Crippen molar-refractivity contribution in [3.63, 3.8) is 0 Å². The molecule has 2 bridgehead atoms. The SMILES string of the molecule is COc1nccc2c1C1CC2CC1O. The quantitative estimate of drug-likeness (QED) is 0.730. The Bertz CT molecular complexity index is 378. The zero-order chi connectivity index (χ0) is 9.71. The first-order valence-electron chi connectivity index (χ1n) is 5.02. The third-order valence-electron chi connectivity index (χ3n) is 3.52. The first-order chi connectivity index (χ1) is 6.81. The smallest absolute Gasteiger partial charge is 0.216 e. The van der Waals surface area contributed by atoms with Crippen molar-refractivity contribution in [1.82, 2.24) is 4.98 Å². The maximum atomic E-state index is 9.80. The van der Waals surface area contributed by atoms with E-state index in [0.717, 1.165) is 18.4 Å². The van der Waals surface area contributed by atoms with Gasteiger partial charge in [0.1, 0.15) is 0 Å². The molecule has 0 aromatic carbocycles. The second kappa shape index (κ2) is 2.70. The summed E-state index contributed by atoms with van der Waals surface area (Å²) in [5, 5.41) is 9.80. The van der Waals surface area contributed by atoms with E-state index in [4.69, 9.17) is 4.74 Å². The molecule has 0 radical (unpaired) electrons. The van der Waals surface area contributed by atoms with Crippen molar-refractivity contribution >= 4 is 0 Å². The van der Waals surface area contributed by atoms with Crippen LogP contribution in [0.15, 0.2) is 12.3 Å². The molecule has 0 spiro atoms. The van der Waals surface area contributed by atoms with Crippen LogP contribution < -0.4 is 4.74 Å². The molecule has 1 N–H and O–H groups in total. The van der Waals surface area contributed by atoms with Gasteiger partial charge >= 0.3 is 0 Å². The molecule has 0 amide bonds. The first kappa shape index (κ1) is 8.24. The van der Waals surface area contributed by atoms with Crippen LogP contribution in [0.25, 0.3) is 0 Å². The average molecular weight is 191 g/mol. The van der Waals surface area contributed by atoms with E-state index in [1.807, 2.05) is 0 Å². The van der Waals surface area contributed by atoms with Crippen LogP contribution in [0.5, 0.6) is 5.88 Å². The summed E-state index contributed by atoms with van der Waals surface area (Å²) in [6, 6.07) is 2.06. The molecule has 2 aliphatic carbocycles. The fraction of sp³-hybridized carbons (Fsp3) is 0.545. The number of aliphatic hydroxyl groups excluding tert-OH is 1. The molecule has 1 aromatic heterocycles. The van der Waals surface area contributed by atoms with Crippen LogP contribution in [0.1, 0.15) is 35.8 Å². The lowest BCUT2D eigenvalue weighted by molar-refractivity contribution is 0.156. The summed E-state index contributed by atoms with van der Waals surface area (Å²) < 4.78 is 5.24. The number of aliphatic hydroxyl groups is 1. The third kappa shape index (κ3) is 0.879. The van der Waals surface area contributed by atoms with Gasteiger partial charge < -0.3 is 9.84 Å². The van der Waals surface area contributed by atoms with Gasteiger partial charge in [-0.05, 0) is 30.4 Å². The molecule has 1 aromatic rings. The van der Waals surface area contributed by atoms with Crippen molar-refractivity contribution in [1.29, 1.82) is 0 Å². The van der Waals surface area contributed by atoms with Crippen LogP contribution in [0.3, 0.4) is 0 Å². The Hall–Kier alpha value is -1.09. The lowest BCUT2D eigenvalue weighted by Gasteiger charge is -2.21. The van der Waals surface area contributed by atoms with Crippen LogP contribution in [0.4, 0.5) is 0 Å². The van der Waals surface area contributed by atoms with Gasteiger partial charge in [0, 0.05) is 17.7 Å². The van der Waals surface area contributed by atoms with Gasteiger partial charge in [0.15, 0.2) is 0 Å². The predicted molar refractivity (Wildman–Crippen MR) is 51.5 cm³/mol. The number of hydrogen-bond donors (Lipinski definition) is 1. The second-order valence-electron chi connectivity index (χ2n) is 4.17. The monoisotopic (exact) mass is 191 g/mol. The molecule has 0 aliphatic heterocycles. The molecular weight excluding hydrogens is 178 g/mol. The Balaban J connectivity index is 2.17. The van der Waals surface area contributed by atoms with Crippen LogP contribution >= 0.6 is 0 Å². The largest absolute Gasteiger partial charge is 0.481 e. The van der Waals surface area contributed by atoms with E-state index in [1.165, 1.54) is 5.56 Å². The zero-order valence-corrected chi connectivity index (χ0v) is 8.10. The molecule has 3 atom stereocenters. The molecular formula is C11H13NO2. The van der Waals surface area contributed by atoms with E-state index >= 15 is 0 Å². The van der Waals surface area contributed by atoms with Crippen LogP contribution in [-0.2, 0) is 0 Å². The van der Waals surface area contributed by atoms with Crippen molar-refractivity contribution in [3.8, 4) is 5.88 Å². The van der Waals surface area contributed by atoms with E-state index in [9.17, 15) is 5.11 Å². The molecule has 3 heteroatoms. The molecule has 0 saturated heterocycles. The minimum Gasteiger partial charge on any atom is -0.481 e. The normalized spacial score (nSPS) is 33.1. The van der Waals surface area contributed by atoms with Gasteiger partial charge in [-0.3, -0.25) is 0 Å². The molecule has 2 aliphatic rings. The fourth-order valence-electron chi connectivity index (χ4n) is 2.94. The maximum Gasteiger partial charge on any atom is 0.216 e. The van der Waals surface area contributed by atoms with Crippen molar-refractivity contribution in [2.24, 2.45) is 0 Å². The average Bonchev–Trinajstić information content (AvgIpc) is 2.74. The van der Waals surface area contributed by atoms with Gasteiger partial charge in [-0.25, -0.2) is 4.98 Å². The summed E-state index contributed by atoms with van der Waals surface area (Å²) in [5.41, 5.74) is 2.49. The molecule has 1 heterocycles. The van der Waals surface area contributed by atoms with Gasteiger partial charge in [-0.2, -0.15) is 0 Å². The zero-order valence-electron chi connectivity index (χ0n) is 8.10. The van der Waals surface area contributed by atoms with Gasteiger partial charge in [-0.1, -0.05) is 0 Å². The molecule has 3 rings (SSSR count). The number of nitrogens with zero attached hydrogens (tertiary/aromatic N) is 1. The number of methoxy groups -OCH3 is 1. The summed E-state index contributed by atoms with van der Waals surface area (Å²) in [6.07, 6.45) is 3.58. The number of aromatic nitrogens is 1. The van der Waals surface area contributed by atoms with Crippen molar-refractivity contribution in [3.05, 3.63) is 23.4 Å². The highest BCUT2D eigenvalue weighted by Crippen LogP contribution is 2.55. The Morgan fingerprint density at radius 1 is 1.50 bits per heavy atom. The Labute approximate surface area is 82.7 Å². The standard InChI is InChI=1S/C11H13NO2/c1-14-11-10-7(2-3-12-11)6-4-8(10)9(13)5-6/h2-3,6,8-9,13H,4-5H2,1H3. The van der Waals surface area contributed by atoms with Crippen LogP contribution in [0, 0.1) is 0 Å². The minimum atomic E-state index is -0.189. The lowest BCUT2D eigenvalue weighted by atomic mass is 9.91. The number of fused-ring (bicyclic) bond motifs is 5. The van der Waals surface area contributed by atoms with Crippen molar-refractivity contribution < 1.29 is 9.84 Å². The number of hydrogen-bond acceptors (Lipinski definition) is 3. The summed E-state index contributed by atoms with van der Waals surface area (Å²) in [5.74, 6) is 1.49. The Morgan fingerprint density at radius 2 is 2.36 bits per heavy atom. The van der Waals surface area contributed by atoms with Gasteiger partial charge in [0.2, 0.25) is 5.88 Å². The molecule has 3 unspecified atom stereocenters. The van der Waals surface area contributed by atoms with Crippen LogP contribution in [-0.4, -0.2) is 23.3 Å². The summed E-state index contributed by atoms with van der Waals surface area (Å²) in [4.78, 5) is 4.19. The van der Waals surface area contributed by atoms with Crippen molar-refractivity contribution in [2.75, 3.05) is 7.11 Å². The summed E-state index contributed by atoms with van der Waals surface area (Å²) in [7, 11) is 1.64. The lowest BCUT2D eigenvalue weighted by Crippen LogP contribution is -2.16. The van der Waals surface area contributed by atoms with Gasteiger partial charge in [0.25, 0.3) is 0 Å². The highest BCUT2D eigenvalue weighted by atomic mass is 16.5. The van der Waals surface area contributed by atoms with E-state index in [-0.39, 0.29) is 12.0 Å².